The Hall–Kier alpha value is -1.93. The highest BCUT2D eigenvalue weighted by Crippen LogP contribution is 2.30. The summed E-state index contributed by atoms with van der Waals surface area (Å²) in [6, 6.07) is 0. The van der Waals surface area contributed by atoms with Crippen molar-refractivity contribution in [3.8, 4) is 0 Å². The molecular weight excluding hydrogens is 276 g/mol. The second-order valence-corrected chi connectivity index (χ2v) is 3.85. The Bertz CT molecular complexity index is 474. The van der Waals surface area contributed by atoms with Crippen LogP contribution in [0.25, 0.3) is 0 Å². The van der Waals surface area contributed by atoms with E-state index in [2.05, 4.69) is 19.9 Å². The third-order valence-corrected chi connectivity index (χ3v) is 2.63. The highest BCUT2D eigenvalue weighted by Gasteiger charge is 2.40. The normalized spacial score (nSPS) is 18.2. The first-order chi connectivity index (χ1) is 9.08. The molecule has 0 aromatic carbocycles. The van der Waals surface area contributed by atoms with Gasteiger partial charge in [-0.25, -0.2) is 10.00 Å². The van der Waals surface area contributed by atoms with Crippen LogP contribution in [0.5, 0.6) is 0 Å². The predicted octanol–water partition coefficient (Wildman–Crippen LogP) is 0.426. The van der Waals surface area contributed by atoms with Crippen LogP contribution in [0.3, 0.4) is 0 Å². The minimum Gasteiger partial charge on any atom is -0.439 e. The maximum absolute atomic E-state index is 11.8. The fourth-order valence-electron chi connectivity index (χ4n) is 1.42. The first-order valence-corrected chi connectivity index (χ1v) is 5.50. The predicted molar refractivity (Wildman–Crippen MR) is 66.3 cm³/mol. The number of aromatic nitrogens is 3. The van der Waals surface area contributed by atoms with Crippen molar-refractivity contribution in [2.24, 2.45) is 0 Å². The average molecular weight is 289 g/mol. The number of nitrogens with zero attached hydrogens (tertiary/aromatic N) is 3. The van der Waals surface area contributed by atoms with E-state index in [1.807, 2.05) is 0 Å². The number of methoxy groups -OCH3 is 1. The van der Waals surface area contributed by atoms with Crippen molar-refractivity contribution in [3.63, 3.8) is 0 Å². The molecule has 1 aliphatic rings. The summed E-state index contributed by atoms with van der Waals surface area (Å²) >= 11 is 5.79. The number of rotatable bonds is 3. The zero-order valence-corrected chi connectivity index (χ0v) is 11.3. The summed E-state index contributed by atoms with van der Waals surface area (Å²) in [7, 11) is 3.25. The molecule has 1 aliphatic heterocycles. The van der Waals surface area contributed by atoms with Crippen LogP contribution in [0, 0.1) is 0 Å². The number of hydrogen-bond acceptors (Lipinski definition) is 6. The maximum Gasteiger partial charge on any atom is 0.295 e. The molecule has 1 aromatic rings. The zero-order valence-electron chi connectivity index (χ0n) is 10.6. The van der Waals surface area contributed by atoms with E-state index in [1.54, 1.807) is 21.1 Å². The van der Waals surface area contributed by atoms with Gasteiger partial charge >= 0.3 is 0 Å². The van der Waals surface area contributed by atoms with Gasteiger partial charge < -0.3 is 9.47 Å². The molecule has 0 saturated carbocycles. The molecule has 1 amide bonds. The summed E-state index contributed by atoms with van der Waals surface area (Å²) in [5.41, 5.74) is 0.454. The topological polar surface area (TPSA) is 97.4 Å². The molecular formula is C10H13ClN4O4. The first kappa shape index (κ1) is 15.1. The number of nitrogens with one attached hydrogen (secondary N) is 1. The van der Waals surface area contributed by atoms with Crippen molar-refractivity contribution in [3.05, 3.63) is 16.9 Å². The quantitative estimate of drug-likeness (QED) is 0.810. The fourth-order valence-corrected chi connectivity index (χ4v) is 1.61. The molecule has 2 heterocycles. The van der Waals surface area contributed by atoms with Gasteiger partial charge in [0.1, 0.15) is 11.4 Å². The lowest BCUT2D eigenvalue weighted by molar-refractivity contribution is -0.132. The second kappa shape index (κ2) is 6.86. The van der Waals surface area contributed by atoms with Crippen LogP contribution in [-0.4, -0.2) is 48.0 Å². The highest BCUT2D eigenvalue weighted by atomic mass is 35.5. The highest BCUT2D eigenvalue weighted by molar-refractivity contribution is 6.45. The van der Waals surface area contributed by atoms with E-state index in [4.69, 9.17) is 16.3 Å². The largest absolute Gasteiger partial charge is 0.439 e. The maximum atomic E-state index is 11.8. The monoisotopic (exact) mass is 288 g/mol. The van der Waals surface area contributed by atoms with Gasteiger partial charge in [-0.05, 0) is 6.92 Å². The number of H-pyrrole nitrogens is 1. The van der Waals surface area contributed by atoms with E-state index in [-0.39, 0.29) is 17.5 Å². The fraction of sp³-hybridized carbons (Fsp3) is 0.400. The van der Waals surface area contributed by atoms with Crippen LogP contribution < -0.4 is 4.90 Å². The molecule has 104 valence electrons. The van der Waals surface area contributed by atoms with Crippen molar-refractivity contribution >= 4 is 29.9 Å². The third kappa shape index (κ3) is 3.09. The van der Waals surface area contributed by atoms with Gasteiger partial charge in [0.25, 0.3) is 12.4 Å². The number of aromatic amines is 1. The summed E-state index contributed by atoms with van der Waals surface area (Å²) in [6.07, 6.45) is 0.368. The van der Waals surface area contributed by atoms with Crippen molar-refractivity contribution in [1.82, 2.24) is 15.2 Å². The smallest absolute Gasteiger partial charge is 0.295 e. The molecule has 1 N–H and O–H groups in total. The molecule has 2 rings (SSSR count). The van der Waals surface area contributed by atoms with E-state index >= 15 is 0 Å². The Kier molecular flexibility index (Phi) is 5.46. The SMILES string of the molecule is CC1=C(Cl)C(=O)N(c2ncn[nH]2)C1OC=O.COC. The Balaban J connectivity index is 0.000000550. The van der Waals surface area contributed by atoms with Gasteiger partial charge in [0.15, 0.2) is 0 Å². The molecule has 0 bridgehead atoms. The molecule has 1 atom stereocenters. The molecule has 0 saturated heterocycles. The Morgan fingerprint density at radius 1 is 1.53 bits per heavy atom. The average Bonchev–Trinajstić information content (AvgIpc) is 2.96. The van der Waals surface area contributed by atoms with E-state index in [0.717, 1.165) is 4.90 Å². The number of halogens is 1. The van der Waals surface area contributed by atoms with Crippen LogP contribution >= 0.6 is 11.6 Å². The third-order valence-electron chi connectivity index (χ3n) is 2.17. The summed E-state index contributed by atoms with van der Waals surface area (Å²) in [5, 5.41) is 6.13. The molecule has 0 spiro atoms. The van der Waals surface area contributed by atoms with Gasteiger partial charge in [-0.3, -0.25) is 9.59 Å². The summed E-state index contributed by atoms with van der Waals surface area (Å²) in [4.78, 5) is 27.0. The van der Waals surface area contributed by atoms with E-state index < -0.39 is 12.1 Å². The van der Waals surface area contributed by atoms with Gasteiger partial charge in [0.05, 0.1) is 0 Å². The van der Waals surface area contributed by atoms with Gasteiger partial charge in [-0.2, -0.15) is 10.1 Å². The Morgan fingerprint density at radius 3 is 2.63 bits per heavy atom. The van der Waals surface area contributed by atoms with Crippen molar-refractivity contribution < 1.29 is 19.1 Å². The molecule has 19 heavy (non-hydrogen) atoms. The summed E-state index contributed by atoms with van der Waals surface area (Å²) in [5.74, 6) is -0.311. The lowest BCUT2D eigenvalue weighted by atomic mass is 10.3. The van der Waals surface area contributed by atoms with Crippen molar-refractivity contribution in [1.29, 1.82) is 0 Å². The van der Waals surface area contributed by atoms with Crippen LogP contribution in [0.4, 0.5) is 5.95 Å². The zero-order chi connectivity index (χ0) is 14.4. The van der Waals surface area contributed by atoms with E-state index in [1.165, 1.54) is 6.33 Å². The van der Waals surface area contributed by atoms with Gasteiger partial charge in [-0.1, -0.05) is 11.6 Å². The van der Waals surface area contributed by atoms with Crippen LogP contribution in [-0.2, 0) is 19.1 Å². The molecule has 9 heteroatoms. The molecule has 0 aliphatic carbocycles. The number of hydrogen-bond donors (Lipinski definition) is 1. The van der Waals surface area contributed by atoms with Gasteiger partial charge in [0.2, 0.25) is 12.2 Å². The number of anilines is 1. The summed E-state index contributed by atoms with van der Waals surface area (Å²) < 4.78 is 9.04. The minimum absolute atomic E-state index is 0.0169. The second-order valence-electron chi connectivity index (χ2n) is 3.47. The first-order valence-electron chi connectivity index (χ1n) is 5.12. The van der Waals surface area contributed by atoms with E-state index in [0.29, 0.717) is 5.57 Å². The van der Waals surface area contributed by atoms with Crippen molar-refractivity contribution in [2.45, 2.75) is 13.2 Å². The van der Waals surface area contributed by atoms with Crippen LogP contribution in [0.1, 0.15) is 6.92 Å². The van der Waals surface area contributed by atoms with Gasteiger partial charge in [-0.15, -0.1) is 0 Å². The Labute approximate surface area is 114 Å². The number of carbonyl (C=O) groups is 2. The Morgan fingerprint density at radius 2 is 2.16 bits per heavy atom. The standard InChI is InChI=1S/C8H7ClN4O3.C2H6O/c1-4-5(9)6(15)13(7(4)16-3-14)8-10-2-11-12-8;1-3-2/h2-3,7H,1H3,(H,10,11,12);1-2H3. The van der Waals surface area contributed by atoms with Gasteiger partial charge in [0, 0.05) is 19.8 Å². The molecule has 8 nitrogen and oxygen atoms in total. The lowest BCUT2D eigenvalue weighted by Crippen LogP contribution is -2.37. The number of ether oxygens (including phenoxy) is 2. The molecule has 1 unspecified atom stereocenters. The molecule has 1 aromatic heterocycles. The van der Waals surface area contributed by atoms with Crippen LogP contribution in [0.15, 0.2) is 16.9 Å². The minimum atomic E-state index is -0.870. The summed E-state index contributed by atoms with van der Waals surface area (Å²) in [6.45, 7) is 1.85. The lowest BCUT2D eigenvalue weighted by Gasteiger charge is -2.20. The number of amides is 1. The van der Waals surface area contributed by atoms with Crippen molar-refractivity contribution in [2.75, 3.05) is 19.1 Å². The molecule has 0 radical (unpaired) electrons. The molecule has 0 fully saturated rings. The van der Waals surface area contributed by atoms with Crippen LogP contribution in [0.2, 0.25) is 0 Å². The van der Waals surface area contributed by atoms with E-state index in [9.17, 15) is 9.59 Å². The number of carbonyl (C=O) groups excluding carboxylic acids is 2.